The van der Waals surface area contributed by atoms with E-state index >= 15 is 0 Å². The summed E-state index contributed by atoms with van der Waals surface area (Å²) in [6.45, 7) is 13.7. The number of fused-ring (bicyclic) bond motifs is 1. The predicted molar refractivity (Wildman–Crippen MR) is 118 cm³/mol. The molecule has 170 valence electrons. The number of rotatable bonds is 6. The summed E-state index contributed by atoms with van der Waals surface area (Å²) in [6.07, 6.45) is 7.37. The van der Waals surface area contributed by atoms with E-state index in [1.54, 1.807) is 0 Å². The summed E-state index contributed by atoms with van der Waals surface area (Å²) in [7, 11) is 2.06. The normalized spacial score (nSPS) is 41.2. The van der Waals surface area contributed by atoms with E-state index in [2.05, 4.69) is 32.8 Å². The molecule has 3 rings (SSSR count). The van der Waals surface area contributed by atoms with Gasteiger partial charge in [0, 0.05) is 19.8 Å². The van der Waals surface area contributed by atoms with Crippen molar-refractivity contribution in [3.05, 3.63) is 12.2 Å². The van der Waals surface area contributed by atoms with Gasteiger partial charge in [-0.1, -0.05) is 26.0 Å². The molecule has 5 heteroatoms. The molecule has 3 aliphatic rings. The molecule has 5 nitrogen and oxygen atoms in total. The van der Waals surface area contributed by atoms with Crippen LogP contribution in [0.3, 0.4) is 0 Å². The van der Waals surface area contributed by atoms with Crippen molar-refractivity contribution in [3.8, 4) is 0 Å². The Balaban J connectivity index is 1.87. The fourth-order valence-corrected chi connectivity index (χ4v) is 7.22. The molecule has 0 amide bonds. The van der Waals surface area contributed by atoms with Crippen LogP contribution in [-0.2, 0) is 19.1 Å². The van der Waals surface area contributed by atoms with Crippen LogP contribution in [0.15, 0.2) is 12.2 Å². The molecule has 1 N–H and O–H groups in total. The lowest BCUT2D eigenvalue weighted by molar-refractivity contribution is -0.161. The maximum absolute atomic E-state index is 11.6. The van der Waals surface area contributed by atoms with E-state index in [9.17, 15) is 9.59 Å². The first-order valence-corrected chi connectivity index (χ1v) is 11.7. The summed E-state index contributed by atoms with van der Waals surface area (Å²) >= 11 is 0. The largest absolute Gasteiger partial charge is 0.466 e. The highest BCUT2D eigenvalue weighted by molar-refractivity contribution is 5.66. The summed E-state index contributed by atoms with van der Waals surface area (Å²) in [6, 6.07) is 0. The molecule has 0 heterocycles. The number of nitrogens with one attached hydrogen (secondary N) is 1. The molecule has 0 saturated heterocycles. The lowest BCUT2D eigenvalue weighted by Gasteiger charge is -2.56. The van der Waals surface area contributed by atoms with Crippen molar-refractivity contribution in [2.45, 2.75) is 78.7 Å². The lowest BCUT2D eigenvalue weighted by atomic mass is 9.49. The summed E-state index contributed by atoms with van der Waals surface area (Å²) in [5, 5.41) is 3.48. The third-order valence-electron chi connectivity index (χ3n) is 8.98. The maximum atomic E-state index is 11.6. The van der Waals surface area contributed by atoms with Crippen LogP contribution in [0, 0.1) is 34.5 Å². The fourth-order valence-electron chi connectivity index (χ4n) is 7.22. The standard InChI is InChI=1S/C25H41NO4/c1-16-7-8-22-21(14-26-6)23(10-12-24(16,22)4)25(5)11-9-20(30-18(3)28)13-19(25)15-29-17(2)27/h19-23,26H,1,7-15H2,2-6H3/t19-,20+,21+,22?,23?,24-,25+/m1/s1. The second kappa shape index (κ2) is 9.02. The highest BCUT2D eigenvalue weighted by Gasteiger charge is 2.56. The predicted octanol–water partition coefficient (Wildman–Crippen LogP) is 4.51. The molecular formula is C25H41NO4. The van der Waals surface area contributed by atoms with E-state index in [1.807, 2.05) is 0 Å². The van der Waals surface area contributed by atoms with Gasteiger partial charge in [-0.2, -0.15) is 0 Å². The Labute approximate surface area is 182 Å². The summed E-state index contributed by atoms with van der Waals surface area (Å²) in [4.78, 5) is 23.2. The van der Waals surface area contributed by atoms with Crippen molar-refractivity contribution >= 4 is 11.9 Å². The third kappa shape index (κ3) is 4.32. The van der Waals surface area contributed by atoms with Gasteiger partial charge in [0.2, 0.25) is 0 Å². The molecule has 0 bridgehead atoms. The molecular weight excluding hydrogens is 378 g/mol. The van der Waals surface area contributed by atoms with Gasteiger partial charge in [0.05, 0.1) is 6.61 Å². The van der Waals surface area contributed by atoms with Gasteiger partial charge < -0.3 is 14.8 Å². The number of carbonyl (C=O) groups is 2. The zero-order valence-electron chi connectivity index (χ0n) is 19.6. The molecule has 3 saturated carbocycles. The summed E-state index contributed by atoms with van der Waals surface area (Å²) < 4.78 is 11.1. The molecule has 0 aliphatic heterocycles. The maximum Gasteiger partial charge on any atom is 0.302 e. The van der Waals surface area contributed by atoms with Gasteiger partial charge >= 0.3 is 11.9 Å². The Morgan fingerprint density at radius 3 is 2.47 bits per heavy atom. The fraction of sp³-hybridized carbons (Fsp3) is 0.840. The van der Waals surface area contributed by atoms with Gasteiger partial charge in [-0.15, -0.1) is 0 Å². The first-order valence-electron chi connectivity index (χ1n) is 11.7. The average Bonchev–Trinajstić information content (AvgIpc) is 2.97. The molecule has 3 fully saturated rings. The van der Waals surface area contributed by atoms with Crippen LogP contribution < -0.4 is 5.32 Å². The molecule has 7 atom stereocenters. The minimum Gasteiger partial charge on any atom is -0.466 e. The van der Waals surface area contributed by atoms with Crippen LogP contribution in [0.1, 0.15) is 72.6 Å². The number of hydrogen-bond donors (Lipinski definition) is 1. The van der Waals surface area contributed by atoms with Gasteiger partial charge in [0.15, 0.2) is 0 Å². The van der Waals surface area contributed by atoms with E-state index in [0.29, 0.717) is 24.4 Å². The van der Waals surface area contributed by atoms with Gasteiger partial charge in [-0.3, -0.25) is 9.59 Å². The monoisotopic (exact) mass is 419 g/mol. The average molecular weight is 420 g/mol. The molecule has 0 spiro atoms. The van der Waals surface area contributed by atoms with Crippen LogP contribution in [0.25, 0.3) is 0 Å². The first-order chi connectivity index (χ1) is 14.1. The van der Waals surface area contributed by atoms with Crippen LogP contribution in [0.2, 0.25) is 0 Å². The first kappa shape index (κ1) is 23.3. The van der Waals surface area contributed by atoms with Crippen molar-refractivity contribution in [2.24, 2.45) is 34.5 Å². The second-order valence-corrected chi connectivity index (χ2v) is 10.5. The Morgan fingerprint density at radius 1 is 1.10 bits per heavy atom. The number of allylic oxidation sites excluding steroid dienone is 1. The zero-order chi connectivity index (χ0) is 22.1. The van der Waals surface area contributed by atoms with Gasteiger partial charge in [-0.05, 0) is 87.1 Å². The molecule has 3 aliphatic carbocycles. The van der Waals surface area contributed by atoms with Crippen molar-refractivity contribution in [3.63, 3.8) is 0 Å². The lowest BCUT2D eigenvalue weighted by Crippen LogP contribution is -2.53. The van der Waals surface area contributed by atoms with Gasteiger partial charge in [0.25, 0.3) is 0 Å². The van der Waals surface area contributed by atoms with Crippen molar-refractivity contribution in [1.29, 1.82) is 0 Å². The summed E-state index contributed by atoms with van der Waals surface area (Å²) in [5.41, 5.74) is 1.76. The molecule has 0 aromatic rings. The molecule has 0 radical (unpaired) electrons. The topological polar surface area (TPSA) is 64.6 Å². The Kier molecular flexibility index (Phi) is 7.01. The zero-order valence-corrected chi connectivity index (χ0v) is 19.6. The van der Waals surface area contributed by atoms with Crippen LogP contribution in [-0.4, -0.2) is 38.2 Å². The number of ether oxygens (including phenoxy) is 2. The van der Waals surface area contributed by atoms with Crippen LogP contribution >= 0.6 is 0 Å². The minimum absolute atomic E-state index is 0.0683. The third-order valence-corrected chi connectivity index (χ3v) is 8.98. The molecule has 30 heavy (non-hydrogen) atoms. The van der Waals surface area contributed by atoms with Crippen molar-refractivity contribution in [1.82, 2.24) is 5.32 Å². The van der Waals surface area contributed by atoms with E-state index in [4.69, 9.17) is 9.47 Å². The second-order valence-electron chi connectivity index (χ2n) is 10.5. The van der Waals surface area contributed by atoms with E-state index < -0.39 is 0 Å². The number of esters is 2. The quantitative estimate of drug-likeness (QED) is 0.507. The van der Waals surface area contributed by atoms with E-state index in [0.717, 1.165) is 32.2 Å². The van der Waals surface area contributed by atoms with Crippen molar-refractivity contribution in [2.75, 3.05) is 20.2 Å². The molecule has 0 aromatic heterocycles. The highest BCUT2D eigenvalue weighted by Crippen LogP contribution is 2.63. The van der Waals surface area contributed by atoms with Gasteiger partial charge in [-0.25, -0.2) is 0 Å². The van der Waals surface area contributed by atoms with Gasteiger partial charge in [0.1, 0.15) is 6.10 Å². The number of hydrogen-bond acceptors (Lipinski definition) is 5. The molecule has 2 unspecified atom stereocenters. The van der Waals surface area contributed by atoms with Crippen molar-refractivity contribution < 1.29 is 19.1 Å². The van der Waals surface area contributed by atoms with Crippen LogP contribution in [0.4, 0.5) is 0 Å². The summed E-state index contributed by atoms with van der Waals surface area (Å²) in [5.74, 6) is 1.56. The Hall–Kier alpha value is -1.36. The van der Waals surface area contributed by atoms with E-state index in [-0.39, 0.29) is 34.8 Å². The molecule has 0 aromatic carbocycles. The smallest absolute Gasteiger partial charge is 0.302 e. The minimum atomic E-state index is -0.234. The van der Waals surface area contributed by atoms with E-state index in [1.165, 1.54) is 38.7 Å². The SMILES string of the molecule is C=C1CCC2[C@H](CNC)C([C@@]3(C)CC[C@H](OC(C)=O)C[C@@H]3COC(C)=O)CC[C@]12C. The highest BCUT2D eigenvalue weighted by atomic mass is 16.5. The Bertz CT molecular complexity index is 676. The number of carbonyl (C=O) groups excluding carboxylic acids is 2. The van der Waals surface area contributed by atoms with Crippen LogP contribution in [0.5, 0.6) is 0 Å². The Morgan fingerprint density at radius 2 is 1.83 bits per heavy atom.